The van der Waals surface area contributed by atoms with Gasteiger partial charge in [0.05, 0.1) is 0 Å². The van der Waals surface area contributed by atoms with Gasteiger partial charge < -0.3 is 10.2 Å². The highest BCUT2D eigenvalue weighted by Crippen LogP contribution is 2.17. The van der Waals surface area contributed by atoms with Gasteiger partial charge in [0.15, 0.2) is 0 Å². The van der Waals surface area contributed by atoms with Crippen LogP contribution in [0.5, 0.6) is 0 Å². The van der Waals surface area contributed by atoms with Crippen LogP contribution in [0.2, 0.25) is 0 Å². The summed E-state index contributed by atoms with van der Waals surface area (Å²) in [5, 5.41) is 6.99. The Morgan fingerprint density at radius 1 is 1.47 bits per heavy atom. The van der Waals surface area contributed by atoms with E-state index in [1.807, 2.05) is 16.9 Å². The van der Waals surface area contributed by atoms with E-state index in [2.05, 4.69) is 10.4 Å². The SMILES string of the molecule is CC(=O)N1CCC[C@H]1C(=O)NCCCn1cccn1. The quantitative estimate of drug-likeness (QED) is 0.783. The lowest BCUT2D eigenvalue weighted by Gasteiger charge is -2.22. The molecule has 19 heavy (non-hydrogen) atoms. The van der Waals surface area contributed by atoms with Crippen LogP contribution >= 0.6 is 0 Å². The van der Waals surface area contributed by atoms with Crippen LogP contribution in [0, 0.1) is 0 Å². The van der Waals surface area contributed by atoms with Crippen molar-refractivity contribution in [2.45, 2.75) is 38.8 Å². The van der Waals surface area contributed by atoms with E-state index in [4.69, 9.17) is 0 Å². The number of aromatic nitrogens is 2. The first-order valence-electron chi connectivity index (χ1n) is 6.71. The van der Waals surface area contributed by atoms with E-state index in [0.29, 0.717) is 13.1 Å². The van der Waals surface area contributed by atoms with E-state index in [-0.39, 0.29) is 17.9 Å². The molecule has 2 rings (SSSR count). The van der Waals surface area contributed by atoms with Crippen LogP contribution in [0.3, 0.4) is 0 Å². The molecule has 6 heteroatoms. The van der Waals surface area contributed by atoms with Crippen molar-refractivity contribution in [1.82, 2.24) is 20.0 Å². The van der Waals surface area contributed by atoms with E-state index < -0.39 is 0 Å². The van der Waals surface area contributed by atoms with Gasteiger partial charge in [0.1, 0.15) is 6.04 Å². The number of carbonyl (C=O) groups excluding carboxylic acids is 2. The maximum atomic E-state index is 12.0. The fourth-order valence-electron chi connectivity index (χ4n) is 2.42. The molecule has 1 atom stereocenters. The predicted molar refractivity (Wildman–Crippen MR) is 70.3 cm³/mol. The predicted octanol–water partition coefficient (Wildman–Crippen LogP) is 0.400. The van der Waals surface area contributed by atoms with Gasteiger partial charge in [0, 0.05) is 39.0 Å². The molecule has 2 amide bonds. The summed E-state index contributed by atoms with van der Waals surface area (Å²) in [4.78, 5) is 25.0. The molecule has 104 valence electrons. The molecule has 0 bridgehead atoms. The van der Waals surface area contributed by atoms with E-state index in [9.17, 15) is 9.59 Å². The lowest BCUT2D eigenvalue weighted by atomic mass is 10.2. The minimum atomic E-state index is -0.276. The molecule has 1 fully saturated rings. The van der Waals surface area contributed by atoms with Gasteiger partial charge in [-0.2, -0.15) is 5.10 Å². The standard InChI is InChI=1S/C13H20N4O2/c1-11(18)17-10-2-5-12(17)13(19)14-6-3-8-16-9-4-7-15-16/h4,7,9,12H,2-3,5-6,8,10H2,1H3,(H,14,19)/t12-/m0/s1. The summed E-state index contributed by atoms with van der Waals surface area (Å²) >= 11 is 0. The number of hydrogen-bond acceptors (Lipinski definition) is 3. The van der Waals surface area contributed by atoms with Gasteiger partial charge in [0.25, 0.3) is 0 Å². The van der Waals surface area contributed by atoms with Crippen LogP contribution in [0.4, 0.5) is 0 Å². The van der Waals surface area contributed by atoms with Crippen LogP contribution in [0.25, 0.3) is 0 Å². The van der Waals surface area contributed by atoms with Gasteiger partial charge in [-0.25, -0.2) is 0 Å². The third kappa shape index (κ3) is 3.56. The third-order valence-electron chi connectivity index (χ3n) is 3.38. The van der Waals surface area contributed by atoms with Crippen molar-refractivity contribution >= 4 is 11.8 Å². The molecule has 6 nitrogen and oxygen atoms in total. The molecule has 1 aromatic rings. The van der Waals surface area contributed by atoms with Crippen molar-refractivity contribution in [2.24, 2.45) is 0 Å². The smallest absolute Gasteiger partial charge is 0.242 e. The summed E-state index contributed by atoms with van der Waals surface area (Å²) < 4.78 is 1.84. The van der Waals surface area contributed by atoms with Crippen LogP contribution in [0.15, 0.2) is 18.5 Å². The van der Waals surface area contributed by atoms with Crippen LogP contribution in [-0.4, -0.2) is 45.6 Å². The number of nitrogens with zero attached hydrogens (tertiary/aromatic N) is 3. The van der Waals surface area contributed by atoms with Crippen molar-refractivity contribution < 1.29 is 9.59 Å². The Balaban J connectivity index is 1.70. The van der Waals surface area contributed by atoms with E-state index in [1.54, 1.807) is 11.1 Å². The molecule has 2 heterocycles. The Bertz CT molecular complexity index is 430. The molecular weight excluding hydrogens is 244 g/mol. The van der Waals surface area contributed by atoms with Crippen LogP contribution in [0.1, 0.15) is 26.2 Å². The Labute approximate surface area is 112 Å². The number of aryl methyl sites for hydroxylation is 1. The topological polar surface area (TPSA) is 67.2 Å². The monoisotopic (exact) mass is 264 g/mol. The zero-order valence-electron chi connectivity index (χ0n) is 11.2. The summed E-state index contributed by atoms with van der Waals surface area (Å²) in [5.74, 6) is -0.0534. The largest absolute Gasteiger partial charge is 0.354 e. The Kier molecular flexibility index (Phi) is 4.54. The summed E-state index contributed by atoms with van der Waals surface area (Å²) in [6.45, 7) is 3.61. The van der Waals surface area contributed by atoms with Gasteiger partial charge in [-0.15, -0.1) is 0 Å². The summed E-state index contributed by atoms with van der Waals surface area (Å²) in [6.07, 6.45) is 6.15. The first-order chi connectivity index (χ1) is 9.18. The molecule has 0 radical (unpaired) electrons. The third-order valence-corrected chi connectivity index (χ3v) is 3.38. The first kappa shape index (κ1) is 13.6. The zero-order valence-corrected chi connectivity index (χ0v) is 11.2. The molecule has 0 aromatic carbocycles. The van der Waals surface area contributed by atoms with Crippen molar-refractivity contribution in [2.75, 3.05) is 13.1 Å². The molecule has 1 aliphatic rings. The molecule has 1 aliphatic heterocycles. The maximum Gasteiger partial charge on any atom is 0.242 e. The van der Waals surface area contributed by atoms with E-state index in [1.165, 1.54) is 6.92 Å². The Morgan fingerprint density at radius 3 is 3.00 bits per heavy atom. The van der Waals surface area contributed by atoms with Gasteiger partial charge in [0.2, 0.25) is 11.8 Å². The highest BCUT2D eigenvalue weighted by molar-refractivity contribution is 5.87. The summed E-state index contributed by atoms with van der Waals surface area (Å²) in [6, 6.07) is 1.60. The van der Waals surface area contributed by atoms with Crippen molar-refractivity contribution in [3.8, 4) is 0 Å². The summed E-state index contributed by atoms with van der Waals surface area (Å²) in [5.41, 5.74) is 0. The molecule has 0 spiro atoms. The second-order valence-corrected chi connectivity index (χ2v) is 4.78. The Morgan fingerprint density at radius 2 is 2.32 bits per heavy atom. The minimum absolute atomic E-state index is 0.0193. The zero-order chi connectivity index (χ0) is 13.7. The second-order valence-electron chi connectivity index (χ2n) is 4.78. The molecule has 1 aromatic heterocycles. The molecule has 0 saturated carbocycles. The normalized spacial score (nSPS) is 18.6. The molecule has 0 aliphatic carbocycles. The fourth-order valence-corrected chi connectivity index (χ4v) is 2.42. The molecule has 0 unspecified atom stereocenters. The maximum absolute atomic E-state index is 12.0. The van der Waals surface area contributed by atoms with Gasteiger partial charge in [-0.3, -0.25) is 14.3 Å². The molecular formula is C13H20N4O2. The average Bonchev–Trinajstić information content (AvgIpc) is 3.04. The fraction of sp³-hybridized carbons (Fsp3) is 0.615. The van der Waals surface area contributed by atoms with Crippen LogP contribution < -0.4 is 5.32 Å². The lowest BCUT2D eigenvalue weighted by Crippen LogP contribution is -2.45. The van der Waals surface area contributed by atoms with Crippen molar-refractivity contribution in [3.63, 3.8) is 0 Å². The van der Waals surface area contributed by atoms with Gasteiger partial charge in [-0.05, 0) is 25.3 Å². The van der Waals surface area contributed by atoms with E-state index >= 15 is 0 Å². The lowest BCUT2D eigenvalue weighted by molar-refractivity contribution is -0.136. The minimum Gasteiger partial charge on any atom is -0.354 e. The van der Waals surface area contributed by atoms with Crippen LogP contribution in [-0.2, 0) is 16.1 Å². The van der Waals surface area contributed by atoms with Crippen molar-refractivity contribution in [1.29, 1.82) is 0 Å². The number of carbonyl (C=O) groups is 2. The number of amides is 2. The number of nitrogens with one attached hydrogen (secondary N) is 1. The first-order valence-corrected chi connectivity index (χ1v) is 6.71. The number of rotatable bonds is 5. The molecule has 1 saturated heterocycles. The highest BCUT2D eigenvalue weighted by Gasteiger charge is 2.31. The van der Waals surface area contributed by atoms with Crippen molar-refractivity contribution in [3.05, 3.63) is 18.5 Å². The Hall–Kier alpha value is -1.85. The summed E-state index contributed by atoms with van der Waals surface area (Å²) in [7, 11) is 0. The van der Waals surface area contributed by atoms with E-state index in [0.717, 1.165) is 25.8 Å². The number of likely N-dealkylation sites (tertiary alicyclic amines) is 1. The highest BCUT2D eigenvalue weighted by atomic mass is 16.2. The molecule has 1 N–H and O–H groups in total. The van der Waals surface area contributed by atoms with Gasteiger partial charge in [-0.1, -0.05) is 0 Å². The van der Waals surface area contributed by atoms with Gasteiger partial charge >= 0.3 is 0 Å². The second kappa shape index (κ2) is 6.36. The average molecular weight is 264 g/mol. The number of hydrogen-bond donors (Lipinski definition) is 1.